The fourth-order valence-corrected chi connectivity index (χ4v) is 2.20. The number of halogens is 1. The number of aromatic nitrogens is 4. The highest BCUT2D eigenvalue weighted by atomic mass is 35.5. The Kier molecular flexibility index (Phi) is 3.62. The maximum atomic E-state index is 6.12. The van der Waals surface area contributed by atoms with Crippen molar-refractivity contribution in [2.75, 3.05) is 12.4 Å². The first kappa shape index (κ1) is 13.6. The Morgan fingerprint density at radius 3 is 2.76 bits per heavy atom. The van der Waals surface area contributed by atoms with E-state index in [1.165, 1.54) is 6.33 Å². The molecular weight excluding hydrogens is 290 g/mol. The molecule has 0 amide bonds. The molecule has 21 heavy (non-hydrogen) atoms. The largest absolute Gasteiger partial charge is 0.497 e. The van der Waals surface area contributed by atoms with E-state index in [-0.39, 0.29) is 0 Å². The molecule has 0 spiro atoms. The minimum atomic E-state index is 0.424. The molecule has 0 aliphatic carbocycles. The highest BCUT2D eigenvalue weighted by Gasteiger charge is 2.11. The topological polar surface area (TPSA) is 64.3 Å². The Hall–Kier alpha value is -2.34. The highest BCUT2D eigenvalue weighted by molar-refractivity contribution is 6.30. The number of nitrogens with zero attached hydrogens (tertiary/aromatic N) is 4. The fraction of sp³-hybridized carbons (Fsp3) is 0.214. The van der Waals surface area contributed by atoms with Gasteiger partial charge in [-0.05, 0) is 24.6 Å². The van der Waals surface area contributed by atoms with Crippen molar-refractivity contribution in [3.63, 3.8) is 0 Å². The van der Waals surface area contributed by atoms with Crippen LogP contribution in [0.2, 0.25) is 5.15 Å². The van der Waals surface area contributed by atoms with Crippen LogP contribution in [-0.2, 0) is 6.54 Å². The number of methoxy groups -OCH3 is 1. The van der Waals surface area contributed by atoms with Crippen molar-refractivity contribution in [1.29, 1.82) is 0 Å². The van der Waals surface area contributed by atoms with E-state index in [2.05, 4.69) is 20.4 Å². The minimum absolute atomic E-state index is 0.424. The number of hydrogen-bond acceptors (Lipinski definition) is 5. The molecule has 0 unspecified atom stereocenters. The molecule has 6 nitrogen and oxygen atoms in total. The zero-order valence-electron chi connectivity index (χ0n) is 11.7. The molecule has 0 fully saturated rings. The second-order valence-electron chi connectivity index (χ2n) is 4.55. The third kappa shape index (κ3) is 2.62. The monoisotopic (exact) mass is 303 g/mol. The van der Waals surface area contributed by atoms with E-state index in [0.717, 1.165) is 22.7 Å². The molecule has 7 heteroatoms. The summed E-state index contributed by atoms with van der Waals surface area (Å²) < 4.78 is 6.79. The summed E-state index contributed by atoms with van der Waals surface area (Å²) in [7, 11) is 1.65. The smallest absolute Gasteiger partial charge is 0.255 e. The molecule has 1 N–H and O–H groups in total. The molecule has 0 aliphatic heterocycles. The van der Waals surface area contributed by atoms with Crippen molar-refractivity contribution >= 4 is 23.2 Å². The third-order valence-corrected chi connectivity index (χ3v) is 3.59. The first-order valence-electron chi connectivity index (χ1n) is 6.41. The van der Waals surface area contributed by atoms with Crippen molar-refractivity contribution in [3.05, 3.63) is 46.9 Å². The molecule has 0 saturated heterocycles. The molecule has 0 atom stereocenters. The summed E-state index contributed by atoms with van der Waals surface area (Å²) in [5.41, 5.74) is 1.96. The van der Waals surface area contributed by atoms with Gasteiger partial charge in [0.05, 0.1) is 7.11 Å². The minimum Gasteiger partial charge on any atom is -0.497 e. The van der Waals surface area contributed by atoms with Crippen LogP contribution in [-0.4, -0.2) is 26.7 Å². The Morgan fingerprint density at radius 1 is 1.29 bits per heavy atom. The number of nitrogens with one attached hydrogen (secondary N) is 1. The number of benzene rings is 1. The molecular formula is C14H14ClN5O. The van der Waals surface area contributed by atoms with E-state index >= 15 is 0 Å². The average molecular weight is 304 g/mol. The summed E-state index contributed by atoms with van der Waals surface area (Å²) in [6, 6.07) is 7.86. The van der Waals surface area contributed by atoms with E-state index in [4.69, 9.17) is 16.3 Å². The number of hydrogen-bond donors (Lipinski definition) is 1. The van der Waals surface area contributed by atoms with E-state index in [1.54, 1.807) is 11.6 Å². The van der Waals surface area contributed by atoms with Crippen LogP contribution in [0.25, 0.3) is 5.78 Å². The molecule has 0 radical (unpaired) electrons. The van der Waals surface area contributed by atoms with Crippen LogP contribution in [0.5, 0.6) is 5.75 Å². The van der Waals surface area contributed by atoms with Crippen LogP contribution in [0, 0.1) is 6.92 Å². The predicted octanol–water partition coefficient (Wildman–Crippen LogP) is 2.71. The molecule has 1 aromatic carbocycles. The lowest BCUT2D eigenvalue weighted by atomic mass is 10.2. The normalized spacial score (nSPS) is 10.8. The van der Waals surface area contributed by atoms with Crippen LogP contribution in [0.3, 0.4) is 0 Å². The molecule has 108 valence electrons. The van der Waals surface area contributed by atoms with Crippen molar-refractivity contribution in [2.24, 2.45) is 0 Å². The lowest BCUT2D eigenvalue weighted by Gasteiger charge is -2.12. The van der Waals surface area contributed by atoms with Gasteiger partial charge in [0.15, 0.2) is 0 Å². The molecule has 2 heterocycles. The summed E-state index contributed by atoms with van der Waals surface area (Å²) >= 11 is 6.12. The number of ether oxygens (including phenoxy) is 1. The van der Waals surface area contributed by atoms with Crippen molar-refractivity contribution in [3.8, 4) is 5.75 Å². The van der Waals surface area contributed by atoms with Crippen LogP contribution in [0.4, 0.5) is 5.82 Å². The van der Waals surface area contributed by atoms with Crippen LogP contribution in [0.15, 0.2) is 30.6 Å². The maximum absolute atomic E-state index is 6.12. The number of rotatable bonds is 4. The van der Waals surface area contributed by atoms with Gasteiger partial charge in [-0.15, -0.1) is 0 Å². The first-order chi connectivity index (χ1) is 10.2. The zero-order valence-corrected chi connectivity index (χ0v) is 12.4. The number of anilines is 1. The van der Waals surface area contributed by atoms with E-state index in [0.29, 0.717) is 17.5 Å². The van der Waals surface area contributed by atoms with Gasteiger partial charge >= 0.3 is 0 Å². The van der Waals surface area contributed by atoms with Gasteiger partial charge in [-0.1, -0.05) is 23.7 Å². The first-order valence-corrected chi connectivity index (χ1v) is 6.79. The second kappa shape index (κ2) is 5.57. The third-order valence-electron chi connectivity index (χ3n) is 3.22. The molecule has 0 aliphatic rings. The molecule has 3 aromatic rings. The predicted molar refractivity (Wildman–Crippen MR) is 80.8 cm³/mol. The van der Waals surface area contributed by atoms with E-state index < -0.39 is 0 Å². The fourth-order valence-electron chi connectivity index (χ4n) is 2.03. The quantitative estimate of drug-likeness (QED) is 0.751. The van der Waals surface area contributed by atoms with Crippen LogP contribution >= 0.6 is 11.6 Å². The van der Waals surface area contributed by atoms with E-state index in [9.17, 15) is 0 Å². The zero-order chi connectivity index (χ0) is 14.8. The second-order valence-corrected chi connectivity index (χ2v) is 4.91. The van der Waals surface area contributed by atoms with Crippen molar-refractivity contribution < 1.29 is 4.74 Å². The van der Waals surface area contributed by atoms with Gasteiger partial charge in [-0.2, -0.15) is 19.6 Å². The molecule has 2 aromatic heterocycles. The standard InChI is InChI=1S/C14H14ClN5O/c1-9-12(15)19-14-17-8-18-20(14)13(9)16-7-10-3-5-11(21-2)6-4-10/h3-6,8,16H,7H2,1-2H3. The SMILES string of the molecule is COc1ccc(CNc2c(C)c(Cl)nc3ncnn23)cc1. The van der Waals surface area contributed by atoms with Gasteiger partial charge in [-0.25, -0.2) is 0 Å². The summed E-state index contributed by atoms with van der Waals surface area (Å²) in [5, 5.41) is 7.92. The van der Waals surface area contributed by atoms with Gasteiger partial charge in [0.2, 0.25) is 0 Å². The van der Waals surface area contributed by atoms with Crippen LogP contribution in [0.1, 0.15) is 11.1 Å². The number of fused-ring (bicyclic) bond motifs is 1. The van der Waals surface area contributed by atoms with Crippen molar-refractivity contribution in [1.82, 2.24) is 19.6 Å². The van der Waals surface area contributed by atoms with E-state index in [1.807, 2.05) is 31.2 Å². The highest BCUT2D eigenvalue weighted by Crippen LogP contribution is 2.22. The van der Waals surface area contributed by atoms with Crippen LogP contribution < -0.4 is 10.1 Å². The summed E-state index contributed by atoms with van der Waals surface area (Å²) in [5.74, 6) is 2.10. The lowest BCUT2D eigenvalue weighted by molar-refractivity contribution is 0.414. The Labute approximate surface area is 126 Å². The summed E-state index contributed by atoms with van der Waals surface area (Å²) in [4.78, 5) is 8.23. The summed E-state index contributed by atoms with van der Waals surface area (Å²) in [6.45, 7) is 2.53. The lowest BCUT2D eigenvalue weighted by Crippen LogP contribution is -2.08. The summed E-state index contributed by atoms with van der Waals surface area (Å²) in [6.07, 6.45) is 1.46. The molecule has 0 saturated carbocycles. The Balaban J connectivity index is 1.87. The van der Waals surface area contributed by atoms with Gasteiger partial charge in [0.1, 0.15) is 23.0 Å². The molecule has 3 rings (SSSR count). The van der Waals surface area contributed by atoms with Gasteiger partial charge in [-0.3, -0.25) is 0 Å². The average Bonchev–Trinajstić information content (AvgIpc) is 2.96. The maximum Gasteiger partial charge on any atom is 0.255 e. The Bertz CT molecular complexity index is 769. The van der Waals surface area contributed by atoms with Crippen molar-refractivity contribution in [2.45, 2.75) is 13.5 Å². The van der Waals surface area contributed by atoms with Gasteiger partial charge < -0.3 is 10.1 Å². The Morgan fingerprint density at radius 2 is 2.05 bits per heavy atom. The van der Waals surface area contributed by atoms with Gasteiger partial charge in [0, 0.05) is 12.1 Å². The van der Waals surface area contributed by atoms with Gasteiger partial charge in [0.25, 0.3) is 5.78 Å². The molecule has 0 bridgehead atoms.